The highest BCUT2D eigenvalue weighted by Crippen LogP contribution is 2.65. The van der Waals surface area contributed by atoms with E-state index >= 15 is 0 Å². The second-order valence-corrected chi connectivity index (χ2v) is 8.98. The fourth-order valence-electron chi connectivity index (χ4n) is 6.74. The van der Waals surface area contributed by atoms with Gasteiger partial charge in [0.15, 0.2) is 0 Å². The lowest BCUT2D eigenvalue weighted by molar-refractivity contribution is -0.176. The first kappa shape index (κ1) is 15.4. The first-order valence-electron chi connectivity index (χ1n) is 8.95. The van der Waals surface area contributed by atoms with Crippen LogP contribution in [0.4, 0.5) is 0 Å². The minimum atomic E-state index is -0.869. The van der Waals surface area contributed by atoms with E-state index in [0.29, 0.717) is 36.9 Å². The monoisotopic (exact) mass is 317 g/mol. The predicted octanol–water partition coefficient (Wildman–Crippen LogP) is 2.56. The summed E-state index contributed by atoms with van der Waals surface area (Å²) in [6.45, 7) is 6.19. The van der Waals surface area contributed by atoms with Crippen LogP contribution < -0.4 is 5.32 Å². The number of rotatable bonds is 0. The highest BCUT2D eigenvalue weighted by atomic mass is 16.3. The molecule has 4 aliphatic rings. The van der Waals surface area contributed by atoms with Crippen LogP contribution in [-0.4, -0.2) is 22.4 Å². The van der Waals surface area contributed by atoms with E-state index in [1.54, 1.807) is 0 Å². The number of hydrogen-bond acceptors (Lipinski definition) is 3. The van der Waals surface area contributed by atoms with Gasteiger partial charge in [0.2, 0.25) is 5.91 Å². The second kappa shape index (κ2) is 4.47. The molecule has 6 atom stereocenters. The summed E-state index contributed by atoms with van der Waals surface area (Å²) in [5.41, 5.74) is -0.424. The molecule has 3 fully saturated rings. The average Bonchev–Trinajstić information content (AvgIpc) is 2.73. The first-order valence-corrected chi connectivity index (χ1v) is 8.95. The number of hydrogen-bond donors (Lipinski definition) is 2. The van der Waals surface area contributed by atoms with Crippen molar-refractivity contribution in [3.05, 3.63) is 11.8 Å². The Morgan fingerprint density at radius 1 is 1.17 bits per heavy atom. The lowest BCUT2D eigenvalue weighted by Gasteiger charge is -2.61. The Hall–Kier alpha value is -1.16. The van der Waals surface area contributed by atoms with Crippen LogP contribution in [0.15, 0.2) is 11.8 Å². The maximum absolute atomic E-state index is 12.5. The minimum Gasteiger partial charge on any atom is -0.390 e. The Morgan fingerprint density at radius 2 is 1.91 bits per heavy atom. The summed E-state index contributed by atoms with van der Waals surface area (Å²) >= 11 is 0. The van der Waals surface area contributed by atoms with Gasteiger partial charge in [-0.2, -0.15) is 0 Å². The lowest BCUT2D eigenvalue weighted by atomic mass is 9.45. The minimum absolute atomic E-state index is 0.0866. The topological polar surface area (TPSA) is 66.4 Å². The molecule has 126 valence electrons. The van der Waals surface area contributed by atoms with Crippen molar-refractivity contribution in [2.45, 2.75) is 64.9 Å². The molecule has 1 aliphatic heterocycles. The van der Waals surface area contributed by atoms with Crippen LogP contribution in [0.5, 0.6) is 0 Å². The molecular formula is C19H27NO3. The SMILES string of the molecule is C[C@]1(O)C[C@]2(C)C(=O)CCC2C2CC=C3NC(=O)CC[C@]3(C)C21. The van der Waals surface area contributed by atoms with E-state index in [4.69, 9.17) is 0 Å². The number of ketones is 1. The summed E-state index contributed by atoms with van der Waals surface area (Å²) in [7, 11) is 0. The summed E-state index contributed by atoms with van der Waals surface area (Å²) in [6.07, 6.45) is 6.51. The number of amides is 1. The van der Waals surface area contributed by atoms with Gasteiger partial charge in [-0.3, -0.25) is 9.59 Å². The molecule has 4 nitrogen and oxygen atoms in total. The maximum atomic E-state index is 12.5. The fourth-order valence-corrected chi connectivity index (χ4v) is 6.74. The van der Waals surface area contributed by atoms with Gasteiger partial charge in [0, 0.05) is 35.3 Å². The van der Waals surface area contributed by atoms with E-state index in [0.717, 1.165) is 25.0 Å². The van der Waals surface area contributed by atoms with Crippen molar-refractivity contribution >= 4 is 11.7 Å². The molecule has 2 N–H and O–H groups in total. The van der Waals surface area contributed by atoms with Gasteiger partial charge in [0.25, 0.3) is 0 Å². The van der Waals surface area contributed by atoms with Crippen LogP contribution in [0, 0.1) is 28.6 Å². The summed E-state index contributed by atoms with van der Waals surface area (Å²) in [5.74, 6) is 1.23. The molecular weight excluding hydrogens is 290 g/mol. The van der Waals surface area contributed by atoms with Crippen molar-refractivity contribution in [3.8, 4) is 0 Å². The number of carbonyl (C=O) groups excluding carboxylic acids is 2. The number of aliphatic hydroxyl groups is 1. The van der Waals surface area contributed by atoms with Crippen molar-refractivity contribution in [3.63, 3.8) is 0 Å². The fraction of sp³-hybridized carbons (Fsp3) is 0.789. The molecule has 23 heavy (non-hydrogen) atoms. The van der Waals surface area contributed by atoms with Crippen molar-refractivity contribution < 1.29 is 14.7 Å². The molecule has 0 bridgehead atoms. The molecule has 1 saturated heterocycles. The Kier molecular flexibility index (Phi) is 2.99. The van der Waals surface area contributed by atoms with Crippen molar-refractivity contribution in [1.29, 1.82) is 0 Å². The zero-order chi connectivity index (χ0) is 16.6. The molecule has 0 aromatic rings. The summed E-state index contributed by atoms with van der Waals surface area (Å²) in [5, 5.41) is 14.4. The van der Waals surface area contributed by atoms with Crippen LogP contribution in [-0.2, 0) is 9.59 Å². The lowest BCUT2D eigenvalue weighted by Crippen LogP contribution is -2.62. The largest absolute Gasteiger partial charge is 0.390 e. The molecule has 1 heterocycles. The number of carbonyl (C=O) groups is 2. The Labute approximate surface area is 137 Å². The van der Waals surface area contributed by atoms with Crippen molar-refractivity contribution in [2.24, 2.45) is 28.6 Å². The molecule has 3 unspecified atom stereocenters. The van der Waals surface area contributed by atoms with E-state index in [2.05, 4.69) is 25.2 Å². The molecule has 0 aromatic heterocycles. The molecule has 0 spiro atoms. The molecule has 4 rings (SSSR count). The highest BCUT2D eigenvalue weighted by Gasteiger charge is 2.65. The Balaban J connectivity index is 1.81. The van der Waals surface area contributed by atoms with Gasteiger partial charge in [-0.05, 0) is 44.4 Å². The number of piperidine rings is 1. The third-order valence-corrected chi connectivity index (χ3v) is 7.52. The summed E-state index contributed by atoms with van der Waals surface area (Å²) < 4.78 is 0. The van der Waals surface area contributed by atoms with Gasteiger partial charge in [0.1, 0.15) is 5.78 Å². The first-order chi connectivity index (χ1) is 10.7. The highest BCUT2D eigenvalue weighted by molar-refractivity contribution is 5.87. The van der Waals surface area contributed by atoms with Gasteiger partial charge in [0.05, 0.1) is 5.60 Å². The van der Waals surface area contributed by atoms with Crippen molar-refractivity contribution in [1.82, 2.24) is 5.32 Å². The van der Waals surface area contributed by atoms with Crippen molar-refractivity contribution in [2.75, 3.05) is 0 Å². The van der Waals surface area contributed by atoms with Gasteiger partial charge < -0.3 is 10.4 Å². The quantitative estimate of drug-likeness (QED) is 0.721. The van der Waals surface area contributed by atoms with Gasteiger partial charge >= 0.3 is 0 Å². The van der Waals surface area contributed by atoms with Gasteiger partial charge in [-0.25, -0.2) is 0 Å². The average molecular weight is 317 g/mol. The number of Topliss-reactive ketones (excluding diaryl/α,β-unsaturated/α-hetero) is 1. The van der Waals surface area contributed by atoms with Crippen LogP contribution in [0.3, 0.4) is 0 Å². The predicted molar refractivity (Wildman–Crippen MR) is 86.2 cm³/mol. The second-order valence-electron chi connectivity index (χ2n) is 8.98. The standard InChI is InChI=1S/C19H27NO3/c1-17-9-8-15(22)20-13(17)6-4-11-12-5-7-14(21)18(12,2)10-19(3,23)16(11)17/h6,11-12,16,23H,4-5,7-10H2,1-3H3,(H,20,22)/t11?,12?,16?,17-,18-,19-/m0/s1. The number of fused-ring (bicyclic) bond motifs is 5. The van der Waals surface area contributed by atoms with Gasteiger partial charge in [-0.1, -0.05) is 19.9 Å². The molecule has 3 aliphatic carbocycles. The maximum Gasteiger partial charge on any atom is 0.224 e. The molecule has 1 amide bonds. The third kappa shape index (κ3) is 1.87. The van der Waals surface area contributed by atoms with Crippen LogP contribution in [0.25, 0.3) is 0 Å². The van der Waals surface area contributed by atoms with E-state index in [9.17, 15) is 14.7 Å². The molecule has 0 radical (unpaired) electrons. The van der Waals surface area contributed by atoms with E-state index in [1.165, 1.54) is 0 Å². The Morgan fingerprint density at radius 3 is 2.65 bits per heavy atom. The summed E-state index contributed by atoms with van der Waals surface area (Å²) in [4.78, 5) is 24.3. The smallest absolute Gasteiger partial charge is 0.224 e. The van der Waals surface area contributed by atoms with Gasteiger partial charge in [-0.15, -0.1) is 0 Å². The zero-order valence-corrected chi connectivity index (χ0v) is 14.3. The van der Waals surface area contributed by atoms with E-state index < -0.39 is 5.60 Å². The third-order valence-electron chi connectivity index (χ3n) is 7.52. The number of allylic oxidation sites excluding steroid dienone is 2. The van der Waals surface area contributed by atoms with Crippen LogP contribution in [0.1, 0.15) is 59.3 Å². The summed E-state index contributed by atoms with van der Waals surface area (Å²) in [6, 6.07) is 0. The van der Waals surface area contributed by atoms with E-state index in [-0.39, 0.29) is 22.7 Å². The van der Waals surface area contributed by atoms with Crippen LogP contribution in [0.2, 0.25) is 0 Å². The molecule has 2 saturated carbocycles. The zero-order valence-electron chi connectivity index (χ0n) is 14.3. The number of nitrogens with one attached hydrogen (secondary N) is 1. The Bertz CT molecular complexity index is 622. The molecule has 4 heteroatoms. The van der Waals surface area contributed by atoms with Crippen LogP contribution >= 0.6 is 0 Å². The van der Waals surface area contributed by atoms with E-state index in [1.807, 2.05) is 6.92 Å². The normalized spacial score (nSPS) is 52.2. The molecule has 0 aromatic carbocycles.